The van der Waals surface area contributed by atoms with Gasteiger partial charge in [0, 0.05) is 37.7 Å². The Morgan fingerprint density at radius 1 is 1.60 bits per heavy atom. The van der Waals surface area contributed by atoms with E-state index in [2.05, 4.69) is 5.10 Å². The number of aromatic nitrogens is 2. The molecule has 3 nitrogen and oxygen atoms in total. The molecule has 5 heteroatoms. The molecule has 0 saturated heterocycles. The lowest BCUT2D eigenvalue weighted by Gasteiger charge is -2.32. The molecule has 1 saturated carbocycles. The van der Waals surface area contributed by atoms with Crippen LogP contribution in [0.25, 0.3) is 0 Å². The highest BCUT2D eigenvalue weighted by Gasteiger charge is 2.41. The molecule has 0 amide bonds. The third kappa shape index (κ3) is 2.02. The SMILES string of the molecule is Cn1nccc1[C@H]1CCC(F)(F)C[C@@H]1O. The molecular weight excluding hydrogens is 202 g/mol. The van der Waals surface area contributed by atoms with Crippen molar-refractivity contribution in [3.05, 3.63) is 18.0 Å². The van der Waals surface area contributed by atoms with E-state index in [-0.39, 0.29) is 12.3 Å². The van der Waals surface area contributed by atoms with E-state index in [0.29, 0.717) is 6.42 Å². The molecule has 1 aromatic heterocycles. The Hall–Kier alpha value is -0.970. The van der Waals surface area contributed by atoms with Crippen LogP contribution in [-0.2, 0) is 7.05 Å². The van der Waals surface area contributed by atoms with E-state index in [0.717, 1.165) is 5.69 Å². The van der Waals surface area contributed by atoms with Gasteiger partial charge in [0.25, 0.3) is 5.92 Å². The topological polar surface area (TPSA) is 38.0 Å². The number of alkyl halides is 2. The molecule has 1 aliphatic carbocycles. The third-order valence-corrected chi connectivity index (χ3v) is 3.03. The summed E-state index contributed by atoms with van der Waals surface area (Å²) in [5.74, 6) is -2.92. The fraction of sp³-hybridized carbons (Fsp3) is 0.700. The number of aryl methyl sites for hydroxylation is 1. The van der Waals surface area contributed by atoms with E-state index in [1.54, 1.807) is 24.0 Å². The second-order valence-electron chi connectivity index (χ2n) is 4.15. The molecule has 0 aliphatic heterocycles. The van der Waals surface area contributed by atoms with Crippen molar-refractivity contribution in [2.24, 2.45) is 7.05 Å². The van der Waals surface area contributed by atoms with Gasteiger partial charge in [-0.15, -0.1) is 0 Å². The highest BCUT2D eigenvalue weighted by molar-refractivity contribution is 5.11. The number of rotatable bonds is 1. The Labute approximate surface area is 86.7 Å². The first-order chi connectivity index (χ1) is 6.99. The van der Waals surface area contributed by atoms with Crippen molar-refractivity contribution in [2.75, 3.05) is 0 Å². The number of nitrogens with zero attached hydrogens (tertiary/aromatic N) is 2. The van der Waals surface area contributed by atoms with Gasteiger partial charge in [-0.05, 0) is 12.5 Å². The summed E-state index contributed by atoms with van der Waals surface area (Å²) in [6.45, 7) is 0. The summed E-state index contributed by atoms with van der Waals surface area (Å²) in [7, 11) is 1.76. The van der Waals surface area contributed by atoms with Crippen LogP contribution in [0.3, 0.4) is 0 Å². The zero-order valence-electron chi connectivity index (χ0n) is 8.53. The maximum atomic E-state index is 13.0. The fourth-order valence-electron chi connectivity index (χ4n) is 2.20. The van der Waals surface area contributed by atoms with Gasteiger partial charge in [-0.1, -0.05) is 0 Å². The second-order valence-corrected chi connectivity index (χ2v) is 4.15. The van der Waals surface area contributed by atoms with E-state index in [4.69, 9.17) is 0 Å². The van der Waals surface area contributed by atoms with E-state index in [9.17, 15) is 13.9 Å². The third-order valence-electron chi connectivity index (χ3n) is 3.03. The summed E-state index contributed by atoms with van der Waals surface area (Å²) in [5.41, 5.74) is 0.831. The van der Waals surface area contributed by atoms with Gasteiger partial charge in [0.05, 0.1) is 6.10 Å². The first kappa shape index (κ1) is 10.5. The van der Waals surface area contributed by atoms with Crippen LogP contribution in [0.5, 0.6) is 0 Å². The lowest BCUT2D eigenvalue weighted by molar-refractivity contribution is -0.0847. The largest absolute Gasteiger partial charge is 0.392 e. The maximum Gasteiger partial charge on any atom is 0.250 e. The summed E-state index contributed by atoms with van der Waals surface area (Å²) < 4.78 is 27.6. The van der Waals surface area contributed by atoms with Crippen molar-refractivity contribution < 1.29 is 13.9 Å². The van der Waals surface area contributed by atoms with Gasteiger partial charge in [-0.2, -0.15) is 5.10 Å². The van der Waals surface area contributed by atoms with Gasteiger partial charge >= 0.3 is 0 Å². The number of hydrogen-bond acceptors (Lipinski definition) is 2. The van der Waals surface area contributed by atoms with E-state index in [1.807, 2.05) is 0 Å². The van der Waals surface area contributed by atoms with Crippen LogP contribution in [0.4, 0.5) is 8.78 Å². The monoisotopic (exact) mass is 216 g/mol. The zero-order chi connectivity index (χ0) is 11.1. The zero-order valence-corrected chi connectivity index (χ0v) is 8.53. The van der Waals surface area contributed by atoms with Crippen molar-refractivity contribution in [1.29, 1.82) is 0 Å². The summed E-state index contributed by atoms with van der Waals surface area (Å²) in [4.78, 5) is 0. The van der Waals surface area contributed by atoms with Crippen molar-refractivity contribution in [1.82, 2.24) is 9.78 Å². The molecule has 1 N–H and O–H groups in total. The number of hydrogen-bond donors (Lipinski definition) is 1. The average Bonchev–Trinajstić information content (AvgIpc) is 2.50. The molecule has 0 aromatic carbocycles. The minimum atomic E-state index is -2.71. The van der Waals surface area contributed by atoms with E-state index < -0.39 is 18.4 Å². The summed E-state index contributed by atoms with van der Waals surface area (Å²) >= 11 is 0. The Kier molecular flexibility index (Phi) is 2.50. The summed E-state index contributed by atoms with van der Waals surface area (Å²) in [6, 6.07) is 1.78. The summed E-state index contributed by atoms with van der Waals surface area (Å²) in [6.07, 6.45) is 0.370. The van der Waals surface area contributed by atoms with Crippen LogP contribution in [0.2, 0.25) is 0 Å². The van der Waals surface area contributed by atoms with Crippen molar-refractivity contribution >= 4 is 0 Å². The highest BCUT2D eigenvalue weighted by Crippen LogP contribution is 2.40. The lowest BCUT2D eigenvalue weighted by Crippen LogP contribution is -2.35. The Balaban J connectivity index is 2.16. The van der Waals surface area contributed by atoms with Gasteiger partial charge in [0.1, 0.15) is 0 Å². The number of aliphatic hydroxyl groups is 1. The molecule has 84 valence electrons. The molecule has 1 aliphatic rings. The Bertz CT molecular complexity index is 351. The van der Waals surface area contributed by atoms with Crippen molar-refractivity contribution in [3.63, 3.8) is 0 Å². The molecule has 2 atom stereocenters. The van der Waals surface area contributed by atoms with Crippen LogP contribution in [0.15, 0.2) is 12.3 Å². The molecule has 0 unspecified atom stereocenters. The maximum absolute atomic E-state index is 13.0. The normalized spacial score (nSPS) is 30.4. The molecular formula is C10H14F2N2O. The predicted molar refractivity (Wildman–Crippen MR) is 50.8 cm³/mol. The molecule has 0 spiro atoms. The second kappa shape index (κ2) is 3.56. The van der Waals surface area contributed by atoms with Crippen LogP contribution >= 0.6 is 0 Å². The van der Waals surface area contributed by atoms with E-state index >= 15 is 0 Å². The average molecular weight is 216 g/mol. The lowest BCUT2D eigenvalue weighted by atomic mass is 9.82. The van der Waals surface area contributed by atoms with Crippen LogP contribution in [0, 0.1) is 0 Å². The van der Waals surface area contributed by atoms with Crippen LogP contribution in [-0.4, -0.2) is 26.9 Å². The standard InChI is InChI=1S/C10H14F2N2O/c1-14-8(3-5-13-14)7-2-4-10(11,12)6-9(7)15/h3,5,7,9,15H,2,4,6H2,1H3/t7-,9+/m1/s1. The molecule has 15 heavy (non-hydrogen) atoms. The molecule has 0 bridgehead atoms. The number of aliphatic hydroxyl groups excluding tert-OH is 1. The van der Waals surface area contributed by atoms with Gasteiger partial charge in [-0.25, -0.2) is 8.78 Å². The smallest absolute Gasteiger partial charge is 0.250 e. The highest BCUT2D eigenvalue weighted by atomic mass is 19.3. The Morgan fingerprint density at radius 3 is 2.87 bits per heavy atom. The quantitative estimate of drug-likeness (QED) is 0.775. The van der Waals surface area contributed by atoms with Crippen molar-refractivity contribution in [2.45, 2.75) is 37.2 Å². The molecule has 0 radical (unpaired) electrons. The molecule has 1 aromatic rings. The molecule has 2 rings (SSSR count). The van der Waals surface area contributed by atoms with Crippen LogP contribution in [0.1, 0.15) is 30.9 Å². The van der Waals surface area contributed by atoms with Crippen molar-refractivity contribution in [3.8, 4) is 0 Å². The van der Waals surface area contributed by atoms with Gasteiger partial charge in [-0.3, -0.25) is 4.68 Å². The first-order valence-electron chi connectivity index (χ1n) is 5.03. The fourth-order valence-corrected chi connectivity index (χ4v) is 2.20. The Morgan fingerprint density at radius 2 is 2.33 bits per heavy atom. The van der Waals surface area contributed by atoms with Gasteiger partial charge < -0.3 is 5.11 Å². The first-order valence-corrected chi connectivity index (χ1v) is 5.03. The van der Waals surface area contributed by atoms with E-state index in [1.165, 1.54) is 0 Å². The molecule has 1 heterocycles. The number of halogens is 2. The minimum Gasteiger partial charge on any atom is -0.392 e. The van der Waals surface area contributed by atoms with Gasteiger partial charge in [0.15, 0.2) is 0 Å². The molecule has 1 fully saturated rings. The van der Waals surface area contributed by atoms with Gasteiger partial charge in [0.2, 0.25) is 0 Å². The predicted octanol–water partition coefficient (Wildman–Crippen LogP) is 1.68. The minimum absolute atomic E-state index is 0.153. The summed E-state index contributed by atoms with van der Waals surface area (Å²) in [5, 5.41) is 13.7. The van der Waals surface area contributed by atoms with Crippen LogP contribution < -0.4 is 0 Å².